The van der Waals surface area contributed by atoms with Crippen molar-refractivity contribution in [2.75, 3.05) is 0 Å². The van der Waals surface area contributed by atoms with Crippen LogP contribution in [0.4, 0.5) is 0 Å². The maximum absolute atomic E-state index is 10.9. The van der Waals surface area contributed by atoms with Crippen LogP contribution in [0, 0.1) is 4.91 Å². The summed E-state index contributed by atoms with van der Waals surface area (Å²) in [6.07, 6.45) is 7.49. The summed E-state index contributed by atoms with van der Waals surface area (Å²) >= 11 is 0. The molecule has 0 fully saturated rings. The van der Waals surface area contributed by atoms with E-state index in [1.165, 1.54) is 25.7 Å². The van der Waals surface area contributed by atoms with Gasteiger partial charge >= 0.3 is 5.97 Å². The first-order valence-corrected chi connectivity index (χ1v) is 5.44. The minimum Gasteiger partial charge on any atom is -0.279 e. The summed E-state index contributed by atoms with van der Waals surface area (Å²) in [5.74, 6) is -0.710. The molecule has 4 nitrogen and oxygen atoms in total. The Labute approximate surface area is 90.6 Å². The lowest BCUT2D eigenvalue weighted by Crippen LogP contribution is -2.02. The normalized spacial score (nSPS) is 9.67. The quantitative estimate of drug-likeness (QED) is 0.255. The van der Waals surface area contributed by atoms with Crippen molar-refractivity contribution in [3.63, 3.8) is 0 Å². The number of nitrogens with zero attached hydrogens (tertiary/aromatic N) is 1. The summed E-state index contributed by atoms with van der Waals surface area (Å²) in [5.41, 5.74) is 0.324. The Balaban J connectivity index is 3.38. The van der Waals surface area contributed by atoms with Gasteiger partial charge in [0.1, 0.15) is 0 Å². The molecule has 0 aliphatic carbocycles. The van der Waals surface area contributed by atoms with Crippen LogP contribution in [0.3, 0.4) is 0 Å². The Bertz CT molecular complexity index is 214. The van der Waals surface area contributed by atoms with E-state index in [1.54, 1.807) is 0 Å². The molecule has 0 saturated heterocycles. The van der Waals surface area contributed by atoms with Gasteiger partial charge in [0.2, 0.25) is 0 Å². The van der Waals surface area contributed by atoms with E-state index in [0.717, 1.165) is 12.8 Å². The third-order valence-electron chi connectivity index (χ3n) is 2.24. The fourth-order valence-corrected chi connectivity index (χ4v) is 1.32. The summed E-state index contributed by atoms with van der Waals surface area (Å²) in [6, 6.07) is 0. The topological polar surface area (TPSA) is 55.7 Å². The summed E-state index contributed by atoms with van der Waals surface area (Å²) < 4.78 is 0. The first-order valence-electron chi connectivity index (χ1n) is 5.44. The fourth-order valence-electron chi connectivity index (χ4n) is 1.32. The van der Waals surface area contributed by atoms with Gasteiger partial charge < -0.3 is 0 Å². The fraction of sp³-hybridized carbons (Fsp3) is 0.727. The van der Waals surface area contributed by atoms with E-state index >= 15 is 0 Å². The molecule has 0 aliphatic rings. The van der Waals surface area contributed by atoms with E-state index in [4.69, 9.17) is 0 Å². The van der Waals surface area contributed by atoms with Crippen LogP contribution < -0.4 is 0 Å². The van der Waals surface area contributed by atoms with Crippen molar-refractivity contribution in [3.8, 4) is 0 Å². The molecule has 0 unspecified atom stereocenters. The molecule has 4 heteroatoms. The van der Waals surface area contributed by atoms with Crippen molar-refractivity contribution < 1.29 is 9.63 Å². The van der Waals surface area contributed by atoms with Crippen molar-refractivity contribution in [1.82, 2.24) is 0 Å². The Hall–Kier alpha value is -1.19. The minimum atomic E-state index is -0.710. The highest BCUT2D eigenvalue weighted by atomic mass is 16.7. The molecule has 0 aromatic rings. The van der Waals surface area contributed by atoms with E-state index in [-0.39, 0.29) is 0 Å². The van der Waals surface area contributed by atoms with Crippen LogP contribution in [0.25, 0.3) is 0 Å². The lowest BCUT2D eigenvalue weighted by molar-refractivity contribution is -0.139. The van der Waals surface area contributed by atoms with Crippen LogP contribution in [-0.2, 0) is 9.63 Å². The van der Waals surface area contributed by atoms with Crippen molar-refractivity contribution in [1.29, 1.82) is 0 Å². The highest BCUT2D eigenvalue weighted by Gasteiger charge is 2.08. The van der Waals surface area contributed by atoms with Gasteiger partial charge in [0.15, 0.2) is 5.34 Å². The predicted octanol–water partition coefficient (Wildman–Crippen LogP) is 3.52. The molecule has 0 aliphatic heterocycles. The average molecular weight is 213 g/mol. The van der Waals surface area contributed by atoms with Gasteiger partial charge in [-0.1, -0.05) is 45.6 Å². The number of rotatable bonds is 9. The second-order valence-corrected chi connectivity index (χ2v) is 3.57. The molecule has 0 bridgehead atoms. The maximum atomic E-state index is 10.9. The van der Waals surface area contributed by atoms with Gasteiger partial charge in [0.25, 0.3) is 0 Å². The molecule has 0 N–H and O–H groups in total. The highest BCUT2D eigenvalue weighted by Crippen LogP contribution is 2.11. The Morgan fingerprint density at radius 3 is 2.40 bits per heavy atom. The van der Waals surface area contributed by atoms with Crippen molar-refractivity contribution in [2.45, 2.75) is 51.9 Å². The third kappa shape index (κ3) is 7.85. The van der Waals surface area contributed by atoms with Gasteiger partial charge in [-0.25, -0.2) is 4.79 Å². The van der Waals surface area contributed by atoms with Crippen molar-refractivity contribution in [3.05, 3.63) is 17.1 Å². The second-order valence-electron chi connectivity index (χ2n) is 3.57. The molecule has 0 saturated carbocycles. The average Bonchev–Trinajstić information content (AvgIpc) is 2.23. The molecule has 0 amide bonds. The van der Waals surface area contributed by atoms with Crippen molar-refractivity contribution in [2.24, 2.45) is 5.34 Å². The number of unbranched alkanes of at least 4 members (excludes halogenated alkanes) is 5. The standard InChI is InChI=1S/C11H19NO3/c1-3-4-5-6-7-8-9-10(2)11(13)15-12-14/h2-9H2,1H3. The molecular weight excluding hydrogens is 194 g/mol. The molecule has 15 heavy (non-hydrogen) atoms. The zero-order chi connectivity index (χ0) is 11.5. The van der Waals surface area contributed by atoms with Crippen LogP contribution in [0.5, 0.6) is 0 Å². The minimum absolute atomic E-state index is 0.324. The molecule has 0 aromatic heterocycles. The monoisotopic (exact) mass is 213 g/mol. The molecule has 0 heterocycles. The maximum Gasteiger partial charge on any atom is 0.364 e. The summed E-state index contributed by atoms with van der Waals surface area (Å²) in [7, 11) is 0. The van der Waals surface area contributed by atoms with Crippen LogP contribution in [0.15, 0.2) is 17.5 Å². The largest absolute Gasteiger partial charge is 0.364 e. The van der Waals surface area contributed by atoms with Gasteiger partial charge in [-0.05, 0) is 12.8 Å². The van der Waals surface area contributed by atoms with Gasteiger partial charge in [0.05, 0.1) is 0 Å². The molecule has 86 valence electrons. The van der Waals surface area contributed by atoms with Gasteiger partial charge in [-0.15, -0.1) is 4.91 Å². The van der Waals surface area contributed by atoms with Crippen LogP contribution in [-0.4, -0.2) is 5.97 Å². The zero-order valence-electron chi connectivity index (χ0n) is 9.33. The van der Waals surface area contributed by atoms with Crippen LogP contribution >= 0.6 is 0 Å². The molecule has 0 atom stereocenters. The highest BCUT2D eigenvalue weighted by molar-refractivity contribution is 5.87. The smallest absolute Gasteiger partial charge is 0.279 e. The van der Waals surface area contributed by atoms with Gasteiger partial charge in [0, 0.05) is 5.57 Å². The zero-order valence-corrected chi connectivity index (χ0v) is 9.33. The summed E-state index contributed by atoms with van der Waals surface area (Å²) in [6.45, 7) is 5.70. The van der Waals surface area contributed by atoms with E-state index in [9.17, 15) is 9.70 Å². The third-order valence-corrected chi connectivity index (χ3v) is 2.24. The number of carbonyl (C=O) groups excluding carboxylic acids is 1. The Kier molecular flexibility index (Phi) is 8.63. The molecule has 0 spiro atoms. The SMILES string of the molecule is C=C(CCCCCCCC)C(=O)ON=O. The van der Waals surface area contributed by atoms with Crippen LogP contribution in [0.1, 0.15) is 51.9 Å². The van der Waals surface area contributed by atoms with E-state index in [1.807, 2.05) is 0 Å². The first-order chi connectivity index (χ1) is 7.22. The van der Waals surface area contributed by atoms with Gasteiger partial charge in [-0.2, -0.15) is 0 Å². The van der Waals surface area contributed by atoms with E-state index in [2.05, 4.69) is 23.7 Å². The lowest BCUT2D eigenvalue weighted by atomic mass is 10.1. The molecule has 0 aromatic carbocycles. The summed E-state index contributed by atoms with van der Waals surface area (Å²) in [5, 5.41) is 2.07. The Morgan fingerprint density at radius 2 is 1.80 bits per heavy atom. The second kappa shape index (κ2) is 9.37. The number of hydrogen-bond acceptors (Lipinski definition) is 4. The van der Waals surface area contributed by atoms with Gasteiger partial charge in [-0.3, -0.25) is 4.84 Å². The van der Waals surface area contributed by atoms with E-state index in [0.29, 0.717) is 12.0 Å². The van der Waals surface area contributed by atoms with Crippen LogP contribution in [0.2, 0.25) is 0 Å². The number of carbonyl (C=O) groups is 1. The molecule has 0 radical (unpaired) electrons. The van der Waals surface area contributed by atoms with E-state index < -0.39 is 5.97 Å². The first kappa shape index (κ1) is 13.8. The summed E-state index contributed by atoms with van der Waals surface area (Å²) in [4.78, 5) is 24.5. The number of hydrogen-bond donors (Lipinski definition) is 0. The predicted molar refractivity (Wildman–Crippen MR) is 59.0 cm³/mol. The lowest BCUT2D eigenvalue weighted by Gasteiger charge is -2.01. The Morgan fingerprint density at radius 1 is 1.20 bits per heavy atom. The molecular formula is C11H19NO3. The molecule has 0 rings (SSSR count). The van der Waals surface area contributed by atoms with Crippen molar-refractivity contribution >= 4 is 5.97 Å².